The number of amides is 1. The minimum Gasteiger partial charge on any atom is -0.396 e. The molecule has 2 aromatic rings. The molecule has 106 valence electrons. The summed E-state index contributed by atoms with van der Waals surface area (Å²) >= 11 is 0. The highest BCUT2D eigenvalue weighted by molar-refractivity contribution is 5.96. The maximum Gasteiger partial charge on any atom is 0.274 e. The van der Waals surface area contributed by atoms with Crippen LogP contribution in [0.5, 0.6) is 0 Å². The molecular formula is C12H17N7O. The number of nitrogen functional groups attached to an aromatic ring is 1. The SMILES string of the molecule is CC(C)c1ncc(N)c(C(=O)N(C)Cc2ncn[nH]2)n1. The van der Waals surface area contributed by atoms with Gasteiger partial charge in [-0.25, -0.2) is 15.0 Å². The Morgan fingerprint density at radius 1 is 1.45 bits per heavy atom. The summed E-state index contributed by atoms with van der Waals surface area (Å²) in [6.45, 7) is 4.22. The molecule has 0 aliphatic rings. The van der Waals surface area contributed by atoms with E-state index >= 15 is 0 Å². The van der Waals surface area contributed by atoms with Crippen LogP contribution in [0.4, 0.5) is 5.69 Å². The molecule has 0 bridgehead atoms. The molecule has 2 rings (SSSR count). The number of aromatic amines is 1. The van der Waals surface area contributed by atoms with Crippen molar-refractivity contribution in [2.45, 2.75) is 26.3 Å². The van der Waals surface area contributed by atoms with E-state index in [1.165, 1.54) is 17.4 Å². The van der Waals surface area contributed by atoms with Gasteiger partial charge in [-0.15, -0.1) is 0 Å². The van der Waals surface area contributed by atoms with Gasteiger partial charge >= 0.3 is 0 Å². The van der Waals surface area contributed by atoms with E-state index in [1.54, 1.807) is 7.05 Å². The van der Waals surface area contributed by atoms with Crippen molar-refractivity contribution < 1.29 is 4.79 Å². The number of carbonyl (C=O) groups excluding carboxylic acids is 1. The molecule has 8 nitrogen and oxygen atoms in total. The van der Waals surface area contributed by atoms with Crippen molar-refractivity contribution in [3.8, 4) is 0 Å². The third-order valence-corrected chi connectivity index (χ3v) is 2.75. The number of aromatic nitrogens is 5. The van der Waals surface area contributed by atoms with Crippen molar-refractivity contribution in [2.75, 3.05) is 12.8 Å². The molecule has 2 heterocycles. The van der Waals surface area contributed by atoms with Crippen LogP contribution in [0.25, 0.3) is 0 Å². The fraction of sp³-hybridized carbons (Fsp3) is 0.417. The predicted molar refractivity (Wildman–Crippen MR) is 72.7 cm³/mol. The fourth-order valence-corrected chi connectivity index (χ4v) is 1.64. The van der Waals surface area contributed by atoms with Gasteiger partial charge in [-0.3, -0.25) is 9.89 Å². The lowest BCUT2D eigenvalue weighted by atomic mass is 10.2. The highest BCUT2D eigenvalue weighted by Crippen LogP contribution is 2.15. The van der Waals surface area contributed by atoms with Gasteiger partial charge in [0.1, 0.15) is 18.0 Å². The smallest absolute Gasteiger partial charge is 0.274 e. The van der Waals surface area contributed by atoms with E-state index in [-0.39, 0.29) is 23.2 Å². The Kier molecular flexibility index (Phi) is 3.92. The summed E-state index contributed by atoms with van der Waals surface area (Å²) in [4.78, 5) is 26.2. The average molecular weight is 275 g/mol. The molecule has 0 unspecified atom stereocenters. The summed E-state index contributed by atoms with van der Waals surface area (Å²) in [5.41, 5.74) is 6.27. The van der Waals surface area contributed by atoms with Crippen LogP contribution in [0, 0.1) is 0 Å². The van der Waals surface area contributed by atoms with Gasteiger partial charge in [-0.1, -0.05) is 13.8 Å². The van der Waals surface area contributed by atoms with Gasteiger partial charge in [-0.05, 0) is 0 Å². The fourth-order valence-electron chi connectivity index (χ4n) is 1.64. The molecule has 0 atom stereocenters. The van der Waals surface area contributed by atoms with Crippen LogP contribution in [0.3, 0.4) is 0 Å². The average Bonchev–Trinajstić information content (AvgIpc) is 2.91. The van der Waals surface area contributed by atoms with E-state index in [9.17, 15) is 4.79 Å². The van der Waals surface area contributed by atoms with Crippen LogP contribution in [0.1, 0.15) is 41.9 Å². The Morgan fingerprint density at radius 3 is 2.80 bits per heavy atom. The molecule has 0 aliphatic heterocycles. The summed E-state index contributed by atoms with van der Waals surface area (Å²) < 4.78 is 0. The Balaban J connectivity index is 2.21. The third-order valence-electron chi connectivity index (χ3n) is 2.75. The Hall–Kier alpha value is -2.51. The number of rotatable bonds is 4. The largest absolute Gasteiger partial charge is 0.396 e. The minimum atomic E-state index is -0.275. The van der Waals surface area contributed by atoms with Crippen LogP contribution < -0.4 is 5.73 Å². The normalized spacial score (nSPS) is 10.8. The van der Waals surface area contributed by atoms with Gasteiger partial charge in [0.2, 0.25) is 0 Å². The molecule has 3 N–H and O–H groups in total. The lowest BCUT2D eigenvalue weighted by molar-refractivity contribution is 0.0776. The van der Waals surface area contributed by atoms with Gasteiger partial charge in [0, 0.05) is 13.0 Å². The standard InChI is InChI=1S/C12H17N7O/c1-7(2)11-14-4-8(13)10(17-11)12(20)19(3)5-9-15-6-16-18-9/h4,6-7H,5,13H2,1-3H3,(H,15,16,18). The molecule has 0 aliphatic carbocycles. The van der Waals surface area contributed by atoms with Crippen molar-refractivity contribution in [2.24, 2.45) is 0 Å². The maximum absolute atomic E-state index is 12.4. The van der Waals surface area contributed by atoms with E-state index in [0.29, 0.717) is 18.2 Å². The first-order valence-corrected chi connectivity index (χ1v) is 6.21. The molecule has 0 radical (unpaired) electrons. The van der Waals surface area contributed by atoms with Crippen molar-refractivity contribution in [1.29, 1.82) is 0 Å². The van der Waals surface area contributed by atoms with Crippen molar-refractivity contribution >= 4 is 11.6 Å². The quantitative estimate of drug-likeness (QED) is 0.843. The molecule has 0 fully saturated rings. The van der Waals surface area contributed by atoms with E-state index in [0.717, 1.165) is 0 Å². The topological polar surface area (TPSA) is 114 Å². The lowest BCUT2D eigenvalue weighted by Gasteiger charge is -2.16. The first-order chi connectivity index (χ1) is 9.49. The van der Waals surface area contributed by atoms with Crippen LogP contribution in [0.15, 0.2) is 12.5 Å². The van der Waals surface area contributed by atoms with Crippen molar-refractivity contribution in [1.82, 2.24) is 30.0 Å². The maximum atomic E-state index is 12.4. The predicted octanol–water partition coefficient (Wildman–Crippen LogP) is 0.572. The molecule has 0 aromatic carbocycles. The van der Waals surface area contributed by atoms with Crippen LogP contribution >= 0.6 is 0 Å². The minimum absolute atomic E-state index is 0.127. The summed E-state index contributed by atoms with van der Waals surface area (Å²) in [5, 5.41) is 6.44. The van der Waals surface area contributed by atoms with Crippen molar-refractivity contribution in [3.63, 3.8) is 0 Å². The number of hydrogen-bond acceptors (Lipinski definition) is 6. The van der Waals surface area contributed by atoms with E-state index in [4.69, 9.17) is 5.73 Å². The monoisotopic (exact) mass is 275 g/mol. The number of nitrogens with zero attached hydrogens (tertiary/aromatic N) is 5. The molecule has 0 spiro atoms. The zero-order chi connectivity index (χ0) is 14.7. The second kappa shape index (κ2) is 5.64. The molecule has 2 aromatic heterocycles. The second-order valence-corrected chi connectivity index (χ2v) is 4.78. The van der Waals surface area contributed by atoms with Crippen LogP contribution in [-0.4, -0.2) is 43.0 Å². The van der Waals surface area contributed by atoms with Crippen LogP contribution in [0.2, 0.25) is 0 Å². The zero-order valence-corrected chi connectivity index (χ0v) is 11.7. The number of H-pyrrole nitrogens is 1. The summed E-state index contributed by atoms with van der Waals surface area (Å²) in [6, 6.07) is 0. The van der Waals surface area contributed by atoms with E-state index in [1.807, 2.05) is 13.8 Å². The Morgan fingerprint density at radius 2 is 2.20 bits per heavy atom. The first kappa shape index (κ1) is 13.9. The summed E-state index contributed by atoms with van der Waals surface area (Å²) in [7, 11) is 1.65. The molecule has 8 heteroatoms. The highest BCUT2D eigenvalue weighted by atomic mass is 16.2. The number of nitrogens with two attached hydrogens (primary N) is 1. The molecule has 20 heavy (non-hydrogen) atoms. The third kappa shape index (κ3) is 2.90. The van der Waals surface area contributed by atoms with E-state index in [2.05, 4.69) is 25.1 Å². The first-order valence-electron chi connectivity index (χ1n) is 6.21. The van der Waals surface area contributed by atoms with Gasteiger partial charge in [-0.2, -0.15) is 5.10 Å². The van der Waals surface area contributed by atoms with Gasteiger partial charge in [0.15, 0.2) is 5.69 Å². The van der Waals surface area contributed by atoms with Crippen LogP contribution in [-0.2, 0) is 6.54 Å². The lowest BCUT2D eigenvalue weighted by Crippen LogP contribution is -2.29. The number of carbonyl (C=O) groups is 1. The van der Waals surface area contributed by atoms with E-state index < -0.39 is 0 Å². The molecule has 0 saturated heterocycles. The zero-order valence-electron chi connectivity index (χ0n) is 11.7. The number of anilines is 1. The molecule has 1 amide bonds. The number of nitrogens with one attached hydrogen (secondary N) is 1. The second-order valence-electron chi connectivity index (χ2n) is 4.78. The Labute approximate surface area is 116 Å². The summed E-state index contributed by atoms with van der Waals surface area (Å²) in [5.74, 6) is 1.04. The van der Waals surface area contributed by atoms with Gasteiger partial charge in [0.25, 0.3) is 5.91 Å². The summed E-state index contributed by atoms with van der Waals surface area (Å²) in [6.07, 6.45) is 2.86. The highest BCUT2D eigenvalue weighted by Gasteiger charge is 2.19. The van der Waals surface area contributed by atoms with Gasteiger partial charge < -0.3 is 10.6 Å². The van der Waals surface area contributed by atoms with Crippen molar-refractivity contribution in [3.05, 3.63) is 29.9 Å². The van der Waals surface area contributed by atoms with Gasteiger partial charge in [0.05, 0.1) is 18.4 Å². The molecule has 0 saturated carbocycles. The Bertz CT molecular complexity index is 594. The number of hydrogen-bond donors (Lipinski definition) is 2. The molecular weight excluding hydrogens is 258 g/mol.